The van der Waals surface area contributed by atoms with Gasteiger partial charge in [-0.2, -0.15) is 0 Å². The molecule has 0 N–H and O–H groups in total. The van der Waals surface area contributed by atoms with Gasteiger partial charge in [-0.3, -0.25) is 4.79 Å². The molecule has 0 aromatic heterocycles. The van der Waals surface area contributed by atoms with Gasteiger partial charge in [-0.15, -0.1) is 0 Å². The van der Waals surface area contributed by atoms with Crippen molar-refractivity contribution in [3.05, 3.63) is 71.0 Å². The first-order valence-electron chi connectivity index (χ1n) is 5.69. The highest BCUT2D eigenvalue weighted by molar-refractivity contribution is 9.10. The Balaban J connectivity index is 2.11. The number of carbonyl (C=O) groups excluding carboxylic acids is 1. The van der Waals surface area contributed by atoms with Gasteiger partial charge < -0.3 is 0 Å². The molecule has 0 fully saturated rings. The molecule has 1 atom stereocenters. The van der Waals surface area contributed by atoms with Crippen LogP contribution in [-0.4, -0.2) is 5.78 Å². The van der Waals surface area contributed by atoms with E-state index in [1.807, 2.05) is 30.3 Å². The van der Waals surface area contributed by atoms with Crippen LogP contribution in [0.5, 0.6) is 0 Å². The standard InChI is InChI=1S/C15H10BrFO/c16-15(11-4-2-1-3-5-11)9-10-8-12(17)6-7-13(10)14(15)18/h1-8H,9H2. The molecule has 3 heteroatoms. The fourth-order valence-electron chi connectivity index (χ4n) is 2.42. The van der Waals surface area contributed by atoms with Crippen molar-refractivity contribution in [3.63, 3.8) is 0 Å². The molecule has 0 saturated heterocycles. The van der Waals surface area contributed by atoms with Gasteiger partial charge in [0.05, 0.1) is 0 Å². The maximum atomic E-state index is 13.2. The lowest BCUT2D eigenvalue weighted by Gasteiger charge is -2.20. The van der Waals surface area contributed by atoms with Crippen LogP contribution in [0.15, 0.2) is 48.5 Å². The van der Waals surface area contributed by atoms with Crippen molar-refractivity contribution in [1.82, 2.24) is 0 Å². The second kappa shape index (κ2) is 4.02. The maximum absolute atomic E-state index is 13.2. The fraction of sp³-hybridized carbons (Fsp3) is 0.133. The summed E-state index contributed by atoms with van der Waals surface area (Å²) < 4.78 is 12.5. The molecule has 0 bridgehead atoms. The largest absolute Gasteiger partial charge is 0.292 e. The second-order valence-corrected chi connectivity index (χ2v) is 5.83. The fourth-order valence-corrected chi connectivity index (χ4v) is 3.20. The third kappa shape index (κ3) is 1.62. The molecular weight excluding hydrogens is 295 g/mol. The Bertz CT molecular complexity index is 624. The van der Waals surface area contributed by atoms with Crippen molar-refractivity contribution < 1.29 is 9.18 Å². The lowest BCUT2D eigenvalue weighted by atomic mass is 9.95. The van der Waals surface area contributed by atoms with Gasteiger partial charge in [0.1, 0.15) is 10.1 Å². The molecule has 1 aliphatic carbocycles. The molecule has 0 radical (unpaired) electrons. The van der Waals surface area contributed by atoms with E-state index in [4.69, 9.17) is 0 Å². The Kier molecular flexibility index (Phi) is 2.59. The second-order valence-electron chi connectivity index (χ2n) is 4.47. The number of carbonyl (C=O) groups is 1. The van der Waals surface area contributed by atoms with Crippen molar-refractivity contribution in [2.75, 3.05) is 0 Å². The Morgan fingerprint density at radius 3 is 2.56 bits per heavy atom. The number of hydrogen-bond donors (Lipinski definition) is 0. The summed E-state index contributed by atoms with van der Waals surface area (Å²) >= 11 is 3.55. The highest BCUT2D eigenvalue weighted by atomic mass is 79.9. The summed E-state index contributed by atoms with van der Waals surface area (Å²) in [5.41, 5.74) is 2.28. The SMILES string of the molecule is O=C1c2ccc(F)cc2CC1(Br)c1ccccc1. The van der Waals surface area contributed by atoms with Gasteiger partial charge in [-0.25, -0.2) is 4.39 Å². The number of ketones is 1. The van der Waals surface area contributed by atoms with Gasteiger partial charge in [0, 0.05) is 12.0 Å². The molecular formula is C15H10BrFO. The molecule has 0 aliphatic heterocycles. The lowest BCUT2D eigenvalue weighted by Crippen LogP contribution is -2.25. The number of halogens is 2. The van der Waals surface area contributed by atoms with Crippen LogP contribution in [0.1, 0.15) is 21.5 Å². The minimum Gasteiger partial charge on any atom is -0.292 e. The van der Waals surface area contributed by atoms with E-state index < -0.39 is 4.32 Å². The van der Waals surface area contributed by atoms with E-state index in [0.717, 1.165) is 11.1 Å². The van der Waals surface area contributed by atoms with Crippen molar-refractivity contribution in [3.8, 4) is 0 Å². The van der Waals surface area contributed by atoms with E-state index in [1.165, 1.54) is 12.1 Å². The number of alkyl halides is 1. The summed E-state index contributed by atoms with van der Waals surface area (Å²) in [4.78, 5) is 12.5. The van der Waals surface area contributed by atoms with Gasteiger partial charge in [0.2, 0.25) is 0 Å². The van der Waals surface area contributed by atoms with Crippen LogP contribution in [0.2, 0.25) is 0 Å². The normalized spacial score (nSPS) is 22.0. The predicted octanol–water partition coefficient (Wildman–Crippen LogP) is 3.85. The van der Waals surface area contributed by atoms with Crippen molar-refractivity contribution >= 4 is 21.7 Å². The van der Waals surface area contributed by atoms with Gasteiger partial charge >= 0.3 is 0 Å². The summed E-state index contributed by atoms with van der Waals surface area (Å²) in [6, 6.07) is 13.9. The summed E-state index contributed by atoms with van der Waals surface area (Å²) in [6.45, 7) is 0. The molecule has 0 amide bonds. The van der Waals surface area contributed by atoms with Crippen LogP contribution in [0.25, 0.3) is 0 Å². The smallest absolute Gasteiger partial charge is 0.184 e. The third-order valence-electron chi connectivity index (χ3n) is 3.34. The summed E-state index contributed by atoms with van der Waals surface area (Å²) in [5.74, 6) is -0.296. The minimum atomic E-state index is -0.746. The van der Waals surface area contributed by atoms with Crippen molar-refractivity contribution in [2.45, 2.75) is 10.7 Å². The number of hydrogen-bond acceptors (Lipinski definition) is 1. The van der Waals surface area contributed by atoms with Gasteiger partial charge in [0.15, 0.2) is 5.78 Å². The number of Topliss-reactive ketones (excluding diaryl/α,β-unsaturated/α-hetero) is 1. The van der Waals surface area contributed by atoms with E-state index >= 15 is 0 Å². The van der Waals surface area contributed by atoms with Crippen LogP contribution in [0.4, 0.5) is 4.39 Å². The van der Waals surface area contributed by atoms with Crippen LogP contribution >= 0.6 is 15.9 Å². The maximum Gasteiger partial charge on any atom is 0.184 e. The predicted molar refractivity (Wildman–Crippen MR) is 71.5 cm³/mol. The minimum absolute atomic E-state index is 0.00343. The van der Waals surface area contributed by atoms with E-state index in [1.54, 1.807) is 6.07 Å². The van der Waals surface area contributed by atoms with Crippen LogP contribution in [-0.2, 0) is 10.7 Å². The molecule has 1 aliphatic rings. The molecule has 3 rings (SSSR count). The highest BCUT2D eigenvalue weighted by Crippen LogP contribution is 2.44. The molecule has 2 aromatic rings. The first-order chi connectivity index (χ1) is 8.61. The van der Waals surface area contributed by atoms with Gasteiger partial charge in [-0.1, -0.05) is 46.3 Å². The summed E-state index contributed by atoms with van der Waals surface area (Å²) in [7, 11) is 0. The van der Waals surface area contributed by atoms with Crippen molar-refractivity contribution in [1.29, 1.82) is 0 Å². The molecule has 1 unspecified atom stereocenters. The average Bonchev–Trinajstić information content (AvgIpc) is 2.63. The Morgan fingerprint density at radius 2 is 1.83 bits per heavy atom. The van der Waals surface area contributed by atoms with Crippen LogP contribution in [0.3, 0.4) is 0 Å². The number of fused-ring (bicyclic) bond motifs is 1. The summed E-state index contributed by atoms with van der Waals surface area (Å²) in [6.07, 6.45) is 0.489. The van der Waals surface area contributed by atoms with Crippen molar-refractivity contribution in [2.24, 2.45) is 0 Å². The summed E-state index contributed by atoms with van der Waals surface area (Å²) in [5, 5.41) is 0. The van der Waals surface area contributed by atoms with Crippen LogP contribution < -0.4 is 0 Å². The highest BCUT2D eigenvalue weighted by Gasteiger charge is 2.44. The molecule has 0 spiro atoms. The topological polar surface area (TPSA) is 17.1 Å². The van der Waals surface area contributed by atoms with E-state index in [2.05, 4.69) is 15.9 Å². The Morgan fingerprint density at radius 1 is 1.11 bits per heavy atom. The molecule has 90 valence electrons. The average molecular weight is 305 g/mol. The molecule has 2 aromatic carbocycles. The first kappa shape index (κ1) is 11.6. The Hall–Kier alpha value is -1.48. The number of benzene rings is 2. The molecule has 0 heterocycles. The third-order valence-corrected chi connectivity index (χ3v) is 4.44. The Labute approximate surface area is 113 Å². The quantitative estimate of drug-likeness (QED) is 0.731. The lowest BCUT2D eigenvalue weighted by molar-refractivity contribution is 0.0960. The first-order valence-corrected chi connectivity index (χ1v) is 6.48. The molecule has 0 saturated carbocycles. The zero-order valence-electron chi connectivity index (χ0n) is 9.49. The van der Waals surface area contributed by atoms with E-state index in [-0.39, 0.29) is 11.6 Å². The zero-order chi connectivity index (χ0) is 12.8. The van der Waals surface area contributed by atoms with E-state index in [9.17, 15) is 9.18 Å². The van der Waals surface area contributed by atoms with Gasteiger partial charge in [-0.05, 0) is 29.3 Å². The number of rotatable bonds is 1. The molecule has 1 nitrogen and oxygen atoms in total. The molecule has 18 heavy (non-hydrogen) atoms. The van der Waals surface area contributed by atoms with E-state index in [0.29, 0.717) is 12.0 Å². The van der Waals surface area contributed by atoms with Gasteiger partial charge in [0.25, 0.3) is 0 Å². The van der Waals surface area contributed by atoms with Crippen LogP contribution in [0, 0.1) is 5.82 Å². The monoisotopic (exact) mass is 304 g/mol. The zero-order valence-corrected chi connectivity index (χ0v) is 11.1.